The molecule has 366 valence electrons. The molecule has 0 aromatic heterocycles. The minimum atomic E-state index is -0.495. The van der Waals surface area contributed by atoms with Crippen LogP contribution in [0.1, 0.15) is 78.6 Å². The van der Waals surface area contributed by atoms with E-state index in [9.17, 15) is 20.4 Å². The van der Waals surface area contributed by atoms with Gasteiger partial charge in [-0.25, -0.2) is 0 Å². The van der Waals surface area contributed by atoms with E-state index in [-0.39, 0.29) is 23.0 Å². The first kappa shape index (κ1) is 48.2. The third-order valence-electron chi connectivity index (χ3n) is 14.9. The summed E-state index contributed by atoms with van der Waals surface area (Å²) in [6, 6.07) is 83.2. The molecule has 2 aliphatic rings. The molecule has 12 aromatic rings. The molecule has 75 heavy (non-hydrogen) atoms. The maximum Gasteiger partial charge on any atom is 0.116 e. The van der Waals surface area contributed by atoms with Crippen LogP contribution in [0.15, 0.2) is 243 Å². The van der Waals surface area contributed by atoms with E-state index in [0.717, 1.165) is 43.1 Å². The average Bonchev–Trinajstić information content (AvgIpc) is 3.94. The van der Waals surface area contributed by atoms with Crippen molar-refractivity contribution >= 4 is 43.1 Å². The van der Waals surface area contributed by atoms with Crippen LogP contribution in [0.25, 0.3) is 65.3 Å². The summed E-state index contributed by atoms with van der Waals surface area (Å²) in [5.74, 6) is 1.09. The van der Waals surface area contributed by atoms with E-state index in [0.29, 0.717) is 0 Å². The summed E-state index contributed by atoms with van der Waals surface area (Å²) in [4.78, 5) is 0. The van der Waals surface area contributed by atoms with E-state index in [1.165, 1.54) is 73.2 Å². The Morgan fingerprint density at radius 1 is 0.253 bits per heavy atom. The summed E-state index contributed by atoms with van der Waals surface area (Å²) in [5.41, 5.74) is 13.8. The van der Waals surface area contributed by atoms with Crippen molar-refractivity contribution in [2.45, 2.75) is 44.9 Å². The number of hydrogen-bond acceptors (Lipinski definition) is 4. The van der Waals surface area contributed by atoms with Gasteiger partial charge in [0.05, 0.1) is 10.8 Å². The highest BCUT2D eigenvalue weighted by atomic mass is 16.3. The monoisotopic (exact) mass is 974 g/mol. The fourth-order valence-electron chi connectivity index (χ4n) is 11.9. The van der Waals surface area contributed by atoms with Gasteiger partial charge in [-0.1, -0.05) is 204 Å². The molecule has 0 bridgehead atoms. The first-order valence-electron chi connectivity index (χ1n) is 26.0. The topological polar surface area (TPSA) is 80.9 Å². The van der Waals surface area contributed by atoms with Crippen molar-refractivity contribution < 1.29 is 20.4 Å². The molecular weight excluding hydrogens is 917 g/mol. The molecule has 12 aromatic carbocycles. The summed E-state index contributed by atoms with van der Waals surface area (Å²) in [6.45, 7) is 8.25. The maximum absolute atomic E-state index is 10.0. The molecule has 0 saturated carbocycles. The number of benzene rings is 12. The average molecular weight is 975 g/mol. The number of rotatable bonds is 4. The highest BCUT2D eigenvalue weighted by molar-refractivity contribution is 5.94. The van der Waals surface area contributed by atoms with Gasteiger partial charge in [0.25, 0.3) is 0 Å². The van der Waals surface area contributed by atoms with E-state index in [2.05, 4.69) is 184 Å². The van der Waals surface area contributed by atoms with Crippen LogP contribution in [0.2, 0.25) is 0 Å². The second-order valence-electron chi connectivity index (χ2n) is 19.4. The van der Waals surface area contributed by atoms with E-state index in [1.807, 2.05) is 62.4 Å². The molecule has 0 amide bonds. The Bertz CT molecular complexity index is 3580. The SMILES string of the molecule is CC.CCC.Oc1ccc2cc(C3(c4ccc5cc(O)ccc5c4)c4ccccc4-c4ccccc43)ccc2c1.Oc1ccc2cc(C3(c4ccc5cc(O)ccc5c4)c4ccccc4-c4ccccc43)ccc2c1. The maximum atomic E-state index is 10.0. The van der Waals surface area contributed by atoms with Crippen LogP contribution in [0, 0.1) is 0 Å². The Hall–Kier alpha value is -9.12. The van der Waals surface area contributed by atoms with Crippen molar-refractivity contribution in [3.05, 3.63) is 287 Å². The van der Waals surface area contributed by atoms with Gasteiger partial charge in [0.2, 0.25) is 0 Å². The molecule has 0 unspecified atom stereocenters. The van der Waals surface area contributed by atoms with E-state index < -0.39 is 10.8 Å². The number of fused-ring (bicyclic) bond motifs is 10. The predicted molar refractivity (Wildman–Crippen MR) is 311 cm³/mol. The zero-order valence-electron chi connectivity index (χ0n) is 42.6. The fourth-order valence-corrected chi connectivity index (χ4v) is 11.9. The van der Waals surface area contributed by atoms with Gasteiger partial charge >= 0.3 is 0 Å². The number of aromatic hydroxyl groups is 4. The summed E-state index contributed by atoms with van der Waals surface area (Å²) in [5, 5.41) is 48.4. The van der Waals surface area contributed by atoms with Crippen LogP contribution in [0.5, 0.6) is 23.0 Å². The van der Waals surface area contributed by atoms with Gasteiger partial charge in [0, 0.05) is 0 Å². The number of phenols is 4. The molecule has 4 heteroatoms. The fraction of sp³-hybridized carbons (Fsp3) is 0.0986. The van der Waals surface area contributed by atoms with Crippen LogP contribution < -0.4 is 0 Å². The van der Waals surface area contributed by atoms with Crippen LogP contribution in [0.3, 0.4) is 0 Å². The summed E-state index contributed by atoms with van der Waals surface area (Å²) in [7, 11) is 0. The van der Waals surface area contributed by atoms with Gasteiger partial charge in [0.1, 0.15) is 23.0 Å². The summed E-state index contributed by atoms with van der Waals surface area (Å²) >= 11 is 0. The number of hydrogen-bond donors (Lipinski definition) is 4. The molecule has 4 N–H and O–H groups in total. The molecule has 0 aliphatic heterocycles. The molecule has 0 fully saturated rings. The third kappa shape index (κ3) is 8.02. The summed E-state index contributed by atoms with van der Waals surface area (Å²) in [6.07, 6.45) is 1.25. The Morgan fingerprint density at radius 2 is 0.440 bits per heavy atom. The van der Waals surface area contributed by atoms with Crippen LogP contribution >= 0.6 is 0 Å². The Morgan fingerprint density at radius 3 is 0.667 bits per heavy atom. The lowest BCUT2D eigenvalue weighted by molar-refractivity contribution is 0.475. The van der Waals surface area contributed by atoms with Crippen molar-refractivity contribution in [2.24, 2.45) is 0 Å². The van der Waals surface area contributed by atoms with Crippen molar-refractivity contribution in [1.29, 1.82) is 0 Å². The highest BCUT2D eigenvalue weighted by Crippen LogP contribution is 2.58. The predicted octanol–water partition coefficient (Wildman–Crippen LogP) is 18.0. The second kappa shape index (κ2) is 19.7. The van der Waals surface area contributed by atoms with Gasteiger partial charge in [-0.3, -0.25) is 0 Å². The van der Waals surface area contributed by atoms with Gasteiger partial charge < -0.3 is 20.4 Å². The number of phenolic OH excluding ortho intramolecular Hbond substituents is 4. The molecule has 0 radical (unpaired) electrons. The Balaban J connectivity index is 0.000000148. The molecule has 0 saturated heterocycles. The highest BCUT2D eigenvalue weighted by Gasteiger charge is 2.47. The minimum absolute atomic E-state index is 0.273. The van der Waals surface area contributed by atoms with E-state index in [4.69, 9.17) is 0 Å². The first-order chi connectivity index (χ1) is 36.7. The van der Waals surface area contributed by atoms with Crippen molar-refractivity contribution in [2.75, 3.05) is 0 Å². The minimum Gasteiger partial charge on any atom is -0.508 e. The first-order valence-corrected chi connectivity index (χ1v) is 26.0. The Labute approximate surface area is 438 Å². The van der Waals surface area contributed by atoms with Crippen molar-refractivity contribution in [1.82, 2.24) is 0 Å². The van der Waals surface area contributed by atoms with E-state index in [1.54, 1.807) is 24.3 Å². The van der Waals surface area contributed by atoms with Gasteiger partial charge in [-0.2, -0.15) is 0 Å². The van der Waals surface area contributed by atoms with E-state index >= 15 is 0 Å². The lowest BCUT2D eigenvalue weighted by Crippen LogP contribution is -2.28. The molecule has 0 spiro atoms. The standard InChI is InChI=1S/2C33H22O2.C3H8.C2H6/c2*34-27-15-11-21-17-25(13-9-23(21)19-27)33(26-14-10-24-20-28(35)16-12-22(24)18-26)31-7-3-1-5-29(31)30-6-2-4-8-32(30)33;1-3-2;1-2/h2*1-20,34-35H;3H2,1-2H3;1-2H3. The molecule has 4 nitrogen and oxygen atoms in total. The van der Waals surface area contributed by atoms with Crippen LogP contribution in [-0.4, -0.2) is 20.4 Å². The van der Waals surface area contributed by atoms with Gasteiger partial charge in [-0.05, 0) is 183 Å². The van der Waals surface area contributed by atoms with Crippen LogP contribution in [-0.2, 0) is 10.8 Å². The smallest absolute Gasteiger partial charge is 0.116 e. The lowest BCUT2D eigenvalue weighted by Gasteiger charge is -2.34. The Kier molecular flexibility index (Phi) is 12.7. The van der Waals surface area contributed by atoms with Crippen LogP contribution in [0.4, 0.5) is 0 Å². The third-order valence-corrected chi connectivity index (χ3v) is 14.9. The molecular formula is C71H58O4. The van der Waals surface area contributed by atoms with Gasteiger partial charge in [-0.15, -0.1) is 0 Å². The lowest BCUT2D eigenvalue weighted by atomic mass is 9.67. The quantitative estimate of drug-likeness (QED) is 0.142. The molecule has 0 atom stereocenters. The molecule has 0 heterocycles. The summed E-state index contributed by atoms with van der Waals surface area (Å²) < 4.78 is 0. The molecule has 2 aliphatic carbocycles. The normalized spacial score (nSPS) is 13.0. The van der Waals surface area contributed by atoms with Crippen molar-refractivity contribution in [3.8, 4) is 45.3 Å². The van der Waals surface area contributed by atoms with Gasteiger partial charge in [0.15, 0.2) is 0 Å². The largest absolute Gasteiger partial charge is 0.508 e. The zero-order valence-corrected chi connectivity index (χ0v) is 42.6. The van der Waals surface area contributed by atoms with Crippen molar-refractivity contribution in [3.63, 3.8) is 0 Å². The second-order valence-corrected chi connectivity index (χ2v) is 19.4. The zero-order chi connectivity index (χ0) is 51.8. The molecule has 14 rings (SSSR count).